The first kappa shape index (κ1) is 14.1. The summed E-state index contributed by atoms with van der Waals surface area (Å²) in [5, 5.41) is 3.09. The zero-order chi connectivity index (χ0) is 15.0. The van der Waals surface area contributed by atoms with E-state index < -0.39 is 0 Å². The average molecular weight is 286 g/mol. The van der Waals surface area contributed by atoms with Gasteiger partial charge in [0.1, 0.15) is 0 Å². The summed E-state index contributed by atoms with van der Waals surface area (Å²) in [6, 6.07) is 8.36. The number of nitrogens with zero attached hydrogens (tertiary/aromatic N) is 1. The Balaban J connectivity index is 1.86. The molecule has 4 nitrogen and oxygen atoms in total. The number of aryl methyl sites for hydroxylation is 1. The highest BCUT2D eigenvalue weighted by Crippen LogP contribution is 2.36. The molecule has 1 N–H and O–H groups in total. The molecule has 1 saturated carbocycles. The monoisotopic (exact) mass is 286 g/mol. The molecule has 0 unspecified atom stereocenters. The van der Waals surface area contributed by atoms with Crippen LogP contribution < -0.4 is 5.32 Å². The number of hydrogen-bond acceptors (Lipinski definition) is 2. The summed E-state index contributed by atoms with van der Waals surface area (Å²) in [4.78, 5) is 26.3. The van der Waals surface area contributed by atoms with Gasteiger partial charge >= 0.3 is 0 Å². The van der Waals surface area contributed by atoms with Crippen molar-refractivity contribution in [3.05, 3.63) is 35.4 Å². The maximum absolute atomic E-state index is 12.5. The second-order valence-electron chi connectivity index (χ2n) is 6.29. The van der Waals surface area contributed by atoms with E-state index >= 15 is 0 Å². The molecule has 1 saturated heterocycles. The lowest BCUT2D eigenvalue weighted by atomic mass is 9.83. The van der Waals surface area contributed by atoms with Crippen molar-refractivity contribution < 1.29 is 9.59 Å². The Morgan fingerprint density at radius 2 is 1.86 bits per heavy atom. The Morgan fingerprint density at radius 1 is 1.19 bits per heavy atom. The van der Waals surface area contributed by atoms with Crippen molar-refractivity contribution in [2.75, 3.05) is 7.05 Å². The summed E-state index contributed by atoms with van der Waals surface area (Å²) < 4.78 is 0. The first-order chi connectivity index (χ1) is 10.1. The molecule has 2 aliphatic rings. The zero-order valence-corrected chi connectivity index (χ0v) is 12.6. The predicted octanol–water partition coefficient (Wildman–Crippen LogP) is 2.18. The second-order valence-corrected chi connectivity index (χ2v) is 6.29. The molecule has 3 rings (SSSR count). The number of hydrogen-bond donors (Lipinski definition) is 1. The quantitative estimate of drug-likeness (QED) is 0.926. The number of nitrogens with one attached hydrogen (secondary N) is 1. The van der Waals surface area contributed by atoms with E-state index in [0.29, 0.717) is 18.9 Å². The van der Waals surface area contributed by atoms with Crippen LogP contribution in [0.2, 0.25) is 0 Å². The SMILES string of the molecule is Cc1ccc([C@@H]2[C@@H](C(=O)NC3CC3)CCC(=O)N2C)cc1. The largest absolute Gasteiger partial charge is 0.353 e. The molecule has 2 fully saturated rings. The van der Waals surface area contributed by atoms with Gasteiger partial charge in [0.25, 0.3) is 0 Å². The average Bonchev–Trinajstić information content (AvgIpc) is 3.27. The van der Waals surface area contributed by atoms with Crippen LogP contribution in [-0.2, 0) is 9.59 Å². The summed E-state index contributed by atoms with van der Waals surface area (Å²) in [6.45, 7) is 2.04. The van der Waals surface area contributed by atoms with Crippen molar-refractivity contribution in [3.8, 4) is 0 Å². The molecule has 0 bridgehead atoms. The van der Waals surface area contributed by atoms with Crippen molar-refractivity contribution in [2.24, 2.45) is 5.92 Å². The van der Waals surface area contributed by atoms with Crippen molar-refractivity contribution in [3.63, 3.8) is 0 Å². The fourth-order valence-electron chi connectivity index (χ4n) is 3.07. The molecule has 4 heteroatoms. The van der Waals surface area contributed by atoms with Gasteiger partial charge in [0.05, 0.1) is 12.0 Å². The number of carbonyl (C=O) groups is 2. The van der Waals surface area contributed by atoms with Gasteiger partial charge in [-0.1, -0.05) is 29.8 Å². The smallest absolute Gasteiger partial charge is 0.225 e. The van der Waals surface area contributed by atoms with Crippen molar-refractivity contribution in [1.82, 2.24) is 10.2 Å². The van der Waals surface area contributed by atoms with Gasteiger partial charge in [0.15, 0.2) is 0 Å². The third kappa shape index (κ3) is 2.94. The topological polar surface area (TPSA) is 49.4 Å². The molecule has 2 atom stereocenters. The molecule has 1 aliphatic carbocycles. The van der Waals surface area contributed by atoms with E-state index in [0.717, 1.165) is 18.4 Å². The van der Waals surface area contributed by atoms with E-state index in [1.165, 1.54) is 5.56 Å². The minimum absolute atomic E-state index is 0.0995. The molecule has 1 aromatic carbocycles. The molecular formula is C17H22N2O2. The van der Waals surface area contributed by atoms with Gasteiger partial charge in [-0.3, -0.25) is 9.59 Å². The van der Waals surface area contributed by atoms with Crippen LogP contribution in [0.5, 0.6) is 0 Å². The summed E-state index contributed by atoms with van der Waals surface area (Å²) in [5.41, 5.74) is 2.23. The van der Waals surface area contributed by atoms with Gasteiger partial charge in [-0.25, -0.2) is 0 Å². The van der Waals surface area contributed by atoms with Crippen LogP contribution in [0.15, 0.2) is 24.3 Å². The molecule has 1 aromatic rings. The van der Waals surface area contributed by atoms with E-state index in [2.05, 4.69) is 5.32 Å². The summed E-state index contributed by atoms with van der Waals surface area (Å²) >= 11 is 0. The number of likely N-dealkylation sites (tertiary alicyclic amines) is 1. The highest BCUT2D eigenvalue weighted by molar-refractivity contribution is 5.85. The van der Waals surface area contributed by atoms with Crippen LogP contribution in [0.3, 0.4) is 0 Å². The lowest BCUT2D eigenvalue weighted by Crippen LogP contribution is -2.46. The highest BCUT2D eigenvalue weighted by Gasteiger charge is 2.40. The fraction of sp³-hybridized carbons (Fsp3) is 0.529. The molecule has 0 radical (unpaired) electrons. The molecular weight excluding hydrogens is 264 g/mol. The molecule has 1 aliphatic heterocycles. The molecule has 2 amide bonds. The molecule has 112 valence electrons. The van der Waals surface area contributed by atoms with Crippen LogP contribution in [0.4, 0.5) is 0 Å². The number of amides is 2. The fourth-order valence-corrected chi connectivity index (χ4v) is 3.07. The third-order valence-electron chi connectivity index (χ3n) is 4.54. The minimum Gasteiger partial charge on any atom is -0.353 e. The van der Waals surface area contributed by atoms with E-state index in [-0.39, 0.29) is 23.8 Å². The first-order valence-corrected chi connectivity index (χ1v) is 7.69. The lowest BCUT2D eigenvalue weighted by Gasteiger charge is -2.38. The maximum atomic E-state index is 12.5. The van der Waals surface area contributed by atoms with Crippen molar-refractivity contribution in [1.29, 1.82) is 0 Å². The molecule has 1 heterocycles. The number of piperidine rings is 1. The van der Waals surface area contributed by atoms with Gasteiger partial charge in [-0.2, -0.15) is 0 Å². The lowest BCUT2D eigenvalue weighted by molar-refractivity contribution is -0.141. The summed E-state index contributed by atoms with van der Waals surface area (Å²) in [7, 11) is 1.81. The van der Waals surface area contributed by atoms with Crippen molar-refractivity contribution in [2.45, 2.75) is 44.7 Å². The Hall–Kier alpha value is -1.84. The van der Waals surface area contributed by atoms with Gasteiger partial charge in [0, 0.05) is 19.5 Å². The second kappa shape index (κ2) is 5.51. The Morgan fingerprint density at radius 3 is 2.48 bits per heavy atom. The third-order valence-corrected chi connectivity index (χ3v) is 4.54. The van der Waals surface area contributed by atoms with Crippen LogP contribution in [0, 0.1) is 12.8 Å². The Labute approximate surface area is 125 Å². The first-order valence-electron chi connectivity index (χ1n) is 7.69. The van der Waals surface area contributed by atoms with E-state index in [9.17, 15) is 9.59 Å². The van der Waals surface area contributed by atoms with E-state index in [1.807, 2.05) is 38.2 Å². The number of rotatable bonds is 3. The van der Waals surface area contributed by atoms with Gasteiger partial charge in [0.2, 0.25) is 11.8 Å². The van der Waals surface area contributed by atoms with Crippen LogP contribution >= 0.6 is 0 Å². The number of benzene rings is 1. The maximum Gasteiger partial charge on any atom is 0.225 e. The van der Waals surface area contributed by atoms with Gasteiger partial charge in [-0.05, 0) is 31.7 Å². The molecule has 21 heavy (non-hydrogen) atoms. The molecule has 0 spiro atoms. The van der Waals surface area contributed by atoms with Crippen molar-refractivity contribution >= 4 is 11.8 Å². The zero-order valence-electron chi connectivity index (χ0n) is 12.6. The van der Waals surface area contributed by atoms with Gasteiger partial charge in [-0.15, -0.1) is 0 Å². The summed E-state index contributed by atoms with van der Waals surface area (Å²) in [6.07, 6.45) is 3.27. The van der Waals surface area contributed by atoms with Gasteiger partial charge < -0.3 is 10.2 Å². The van der Waals surface area contributed by atoms with Crippen LogP contribution in [-0.4, -0.2) is 29.8 Å². The Bertz CT molecular complexity index is 548. The van der Waals surface area contributed by atoms with E-state index in [1.54, 1.807) is 4.90 Å². The number of carbonyl (C=O) groups excluding carboxylic acids is 2. The minimum atomic E-state index is -0.148. The highest BCUT2D eigenvalue weighted by atomic mass is 16.2. The molecule has 0 aromatic heterocycles. The van der Waals surface area contributed by atoms with Crippen LogP contribution in [0.1, 0.15) is 42.9 Å². The predicted molar refractivity (Wildman–Crippen MR) is 80.6 cm³/mol. The Kier molecular flexibility index (Phi) is 3.70. The van der Waals surface area contributed by atoms with Crippen LogP contribution in [0.25, 0.3) is 0 Å². The van der Waals surface area contributed by atoms with E-state index in [4.69, 9.17) is 0 Å². The normalized spacial score (nSPS) is 25.8. The standard InChI is InChI=1S/C17H22N2O2/c1-11-3-5-12(6-4-11)16-14(9-10-15(20)19(16)2)17(21)18-13-7-8-13/h3-6,13-14,16H,7-10H2,1-2H3,(H,18,21)/t14-,16+/m0/s1. The summed E-state index contributed by atoms with van der Waals surface area (Å²) in [5.74, 6) is 0.0782.